The first-order valence-electron chi connectivity index (χ1n) is 5.08. The average Bonchev–Trinajstić information content (AvgIpc) is 2.51. The molecule has 2 rings (SSSR count). The number of aliphatic hydroxyl groups excluding tert-OH is 1. The van der Waals surface area contributed by atoms with E-state index in [2.05, 4.69) is 10.3 Å². The van der Waals surface area contributed by atoms with Gasteiger partial charge in [0, 0.05) is 12.3 Å². The number of hydrogen-bond donors (Lipinski definition) is 3. The molecule has 6 nitrogen and oxygen atoms in total. The van der Waals surface area contributed by atoms with Crippen LogP contribution in [0.2, 0.25) is 0 Å². The number of aliphatic imine (C=N–C) groups is 1. The molecule has 0 spiro atoms. The smallest absolute Gasteiger partial charge is 0.322 e. The summed E-state index contributed by atoms with van der Waals surface area (Å²) in [5.41, 5.74) is 0.543. The minimum Gasteiger partial charge on any atom is -0.509 e. The Morgan fingerprint density at radius 1 is 1.53 bits per heavy atom. The van der Waals surface area contributed by atoms with Crippen molar-refractivity contribution in [1.82, 2.24) is 10.6 Å². The molecule has 3 N–H and O–H groups in total. The van der Waals surface area contributed by atoms with Crippen LogP contribution in [0.3, 0.4) is 0 Å². The van der Waals surface area contributed by atoms with Gasteiger partial charge in [0.1, 0.15) is 5.76 Å². The van der Waals surface area contributed by atoms with Crippen molar-refractivity contribution >= 4 is 18.2 Å². The highest BCUT2D eigenvalue weighted by molar-refractivity contribution is 6.05. The number of imide groups is 1. The number of rotatable bonds is 2. The number of urea groups is 1. The third kappa shape index (κ3) is 2.60. The molecule has 1 fully saturated rings. The van der Waals surface area contributed by atoms with E-state index in [4.69, 9.17) is 0 Å². The molecule has 6 heteroatoms. The fourth-order valence-corrected chi connectivity index (χ4v) is 1.47. The van der Waals surface area contributed by atoms with Gasteiger partial charge in [-0.2, -0.15) is 0 Å². The van der Waals surface area contributed by atoms with Gasteiger partial charge in [0.2, 0.25) is 0 Å². The third-order valence-electron chi connectivity index (χ3n) is 2.27. The second kappa shape index (κ2) is 4.65. The van der Waals surface area contributed by atoms with E-state index in [1.807, 2.05) is 11.4 Å². The van der Waals surface area contributed by atoms with E-state index >= 15 is 0 Å². The molecular formula is C11H11N3O3. The third-order valence-corrected chi connectivity index (χ3v) is 2.27. The van der Waals surface area contributed by atoms with Gasteiger partial charge in [-0.25, -0.2) is 4.79 Å². The van der Waals surface area contributed by atoms with E-state index < -0.39 is 18.0 Å². The van der Waals surface area contributed by atoms with Crippen molar-refractivity contribution in [2.45, 2.75) is 12.5 Å². The van der Waals surface area contributed by atoms with Crippen LogP contribution in [0.5, 0.6) is 0 Å². The maximum Gasteiger partial charge on any atom is 0.322 e. The highest BCUT2D eigenvalue weighted by atomic mass is 16.3. The first-order chi connectivity index (χ1) is 8.16. The molecule has 0 aromatic heterocycles. The molecule has 0 radical (unpaired) electrons. The number of allylic oxidation sites excluding steroid dienone is 4. The highest BCUT2D eigenvalue weighted by Gasteiger charge is 2.32. The predicted molar refractivity (Wildman–Crippen MR) is 61.5 cm³/mol. The second-order valence-electron chi connectivity index (χ2n) is 3.54. The molecule has 0 aromatic carbocycles. The van der Waals surface area contributed by atoms with Crippen LogP contribution in [0.4, 0.5) is 4.79 Å². The van der Waals surface area contributed by atoms with Crippen molar-refractivity contribution in [3.05, 3.63) is 35.8 Å². The van der Waals surface area contributed by atoms with Crippen LogP contribution in [0, 0.1) is 0 Å². The van der Waals surface area contributed by atoms with Gasteiger partial charge in [0.05, 0.1) is 5.70 Å². The first-order valence-corrected chi connectivity index (χ1v) is 5.08. The van der Waals surface area contributed by atoms with Crippen LogP contribution in [0.25, 0.3) is 0 Å². The molecule has 0 saturated carbocycles. The SMILES string of the molecule is O=C1NC(=O)C(/C(O)=C/C2=CCC=CC=N2)N1. The molecule has 17 heavy (non-hydrogen) atoms. The van der Waals surface area contributed by atoms with Crippen LogP contribution >= 0.6 is 0 Å². The molecule has 2 aliphatic rings. The van der Waals surface area contributed by atoms with Crippen molar-refractivity contribution in [1.29, 1.82) is 0 Å². The molecule has 3 amide bonds. The number of nitrogens with zero attached hydrogens (tertiary/aromatic N) is 1. The molecule has 0 aromatic rings. The lowest BCUT2D eigenvalue weighted by atomic mass is 10.2. The summed E-state index contributed by atoms with van der Waals surface area (Å²) in [6, 6.07) is -1.64. The lowest BCUT2D eigenvalue weighted by molar-refractivity contribution is -0.119. The Bertz CT molecular complexity index is 474. The normalized spacial score (nSPS) is 24.1. The summed E-state index contributed by atoms with van der Waals surface area (Å²) in [4.78, 5) is 26.2. The van der Waals surface area contributed by atoms with E-state index in [1.165, 1.54) is 6.08 Å². The maximum absolute atomic E-state index is 11.3. The number of hydrogen-bond acceptors (Lipinski definition) is 4. The molecule has 1 atom stereocenters. The van der Waals surface area contributed by atoms with Crippen molar-refractivity contribution in [3.63, 3.8) is 0 Å². The van der Waals surface area contributed by atoms with Crippen LogP contribution < -0.4 is 10.6 Å². The Labute approximate surface area is 97.4 Å². The maximum atomic E-state index is 11.3. The quantitative estimate of drug-likeness (QED) is 0.480. The number of aliphatic hydroxyl groups is 1. The molecule has 1 unspecified atom stereocenters. The Hall–Kier alpha value is -2.37. The zero-order chi connectivity index (χ0) is 12.3. The average molecular weight is 233 g/mol. The van der Waals surface area contributed by atoms with Crippen LogP contribution in [-0.2, 0) is 4.79 Å². The minimum absolute atomic E-state index is 0.237. The largest absolute Gasteiger partial charge is 0.509 e. The Morgan fingerprint density at radius 3 is 3.06 bits per heavy atom. The second-order valence-corrected chi connectivity index (χ2v) is 3.54. The van der Waals surface area contributed by atoms with E-state index in [-0.39, 0.29) is 5.76 Å². The standard InChI is InChI=1S/C11H11N3O3/c15-8(9-10(16)14-11(17)13-9)6-7-4-2-1-3-5-12-7/h1,3-6,9,15H,2H2,(H2,13,14,16,17)/b8-6-. The molecule has 88 valence electrons. The van der Waals surface area contributed by atoms with Crippen molar-refractivity contribution in [2.24, 2.45) is 4.99 Å². The van der Waals surface area contributed by atoms with Gasteiger partial charge >= 0.3 is 6.03 Å². The number of carbonyl (C=O) groups is 2. The van der Waals surface area contributed by atoms with Crippen molar-refractivity contribution in [3.8, 4) is 0 Å². The summed E-state index contributed by atoms with van der Waals surface area (Å²) in [5, 5.41) is 14.1. The molecule has 0 bridgehead atoms. The van der Waals surface area contributed by atoms with Gasteiger partial charge in [0.15, 0.2) is 6.04 Å². The minimum atomic E-state index is -1.03. The van der Waals surface area contributed by atoms with Gasteiger partial charge in [-0.3, -0.25) is 15.1 Å². The first kappa shape index (κ1) is 11.1. The Balaban J connectivity index is 2.14. The van der Waals surface area contributed by atoms with Crippen LogP contribution in [0.1, 0.15) is 6.42 Å². The summed E-state index contributed by atoms with van der Waals surface area (Å²) in [6.45, 7) is 0. The van der Waals surface area contributed by atoms with Gasteiger partial charge < -0.3 is 10.4 Å². The lowest BCUT2D eigenvalue weighted by Crippen LogP contribution is -2.31. The van der Waals surface area contributed by atoms with E-state index in [1.54, 1.807) is 18.4 Å². The fraction of sp³-hybridized carbons (Fsp3) is 0.182. The Morgan fingerprint density at radius 2 is 2.35 bits per heavy atom. The van der Waals surface area contributed by atoms with Crippen molar-refractivity contribution in [2.75, 3.05) is 0 Å². The molecule has 1 saturated heterocycles. The van der Waals surface area contributed by atoms with Gasteiger partial charge in [-0.1, -0.05) is 12.2 Å². The molecular weight excluding hydrogens is 222 g/mol. The van der Waals surface area contributed by atoms with Gasteiger partial charge in [-0.05, 0) is 12.5 Å². The summed E-state index contributed by atoms with van der Waals surface area (Å²) < 4.78 is 0. The monoisotopic (exact) mass is 233 g/mol. The van der Waals surface area contributed by atoms with E-state index in [0.29, 0.717) is 12.1 Å². The summed E-state index contributed by atoms with van der Waals surface area (Å²) in [5.74, 6) is -0.807. The fourth-order valence-electron chi connectivity index (χ4n) is 1.47. The molecule has 2 aliphatic heterocycles. The van der Waals surface area contributed by atoms with Gasteiger partial charge in [0.25, 0.3) is 5.91 Å². The highest BCUT2D eigenvalue weighted by Crippen LogP contribution is 2.11. The molecule has 2 heterocycles. The Kier molecular flexibility index (Phi) is 3.04. The number of carbonyl (C=O) groups excluding carboxylic acids is 2. The molecule has 0 aliphatic carbocycles. The summed E-state index contributed by atoms with van der Waals surface area (Å²) in [7, 11) is 0. The zero-order valence-corrected chi connectivity index (χ0v) is 8.88. The lowest BCUT2D eigenvalue weighted by Gasteiger charge is -2.05. The summed E-state index contributed by atoms with van der Waals surface area (Å²) in [6.07, 6.45) is 9.15. The zero-order valence-electron chi connectivity index (χ0n) is 8.88. The number of nitrogens with one attached hydrogen (secondary N) is 2. The van der Waals surface area contributed by atoms with E-state index in [9.17, 15) is 14.7 Å². The number of amides is 3. The van der Waals surface area contributed by atoms with Crippen molar-refractivity contribution < 1.29 is 14.7 Å². The summed E-state index contributed by atoms with van der Waals surface area (Å²) >= 11 is 0. The predicted octanol–water partition coefficient (Wildman–Crippen LogP) is 0.551. The van der Waals surface area contributed by atoms with Crippen LogP contribution in [0.15, 0.2) is 40.8 Å². The van der Waals surface area contributed by atoms with Gasteiger partial charge in [-0.15, -0.1) is 0 Å². The topological polar surface area (TPSA) is 90.8 Å². The van der Waals surface area contributed by atoms with E-state index in [0.717, 1.165) is 0 Å². The van der Waals surface area contributed by atoms with Crippen LogP contribution in [-0.4, -0.2) is 29.3 Å².